The third-order valence-corrected chi connectivity index (χ3v) is 2.83. The van der Waals surface area contributed by atoms with Gasteiger partial charge >= 0.3 is 0 Å². The van der Waals surface area contributed by atoms with Crippen LogP contribution in [0.3, 0.4) is 0 Å². The molecule has 0 heterocycles. The zero-order chi connectivity index (χ0) is 11.2. The first-order valence-electron chi connectivity index (χ1n) is 5.48. The van der Waals surface area contributed by atoms with Crippen molar-refractivity contribution in [1.82, 2.24) is 0 Å². The van der Waals surface area contributed by atoms with Crippen molar-refractivity contribution in [1.29, 1.82) is 0 Å². The zero-order valence-corrected chi connectivity index (χ0v) is 10.9. The Morgan fingerprint density at radius 1 is 1.21 bits per heavy atom. The third kappa shape index (κ3) is 4.67. The van der Waals surface area contributed by atoms with Crippen LogP contribution in [0.4, 0.5) is 0 Å². The highest BCUT2D eigenvalue weighted by atomic mass is 32.1. The topological polar surface area (TPSA) is 18.5 Å². The minimum absolute atomic E-state index is 0.0192. The zero-order valence-electron chi connectivity index (χ0n) is 10.0. The van der Waals surface area contributed by atoms with Gasteiger partial charge in [0.05, 0.1) is 12.2 Å². The van der Waals surface area contributed by atoms with Crippen LogP contribution in [0, 0.1) is 0 Å². The molecular weight excluding hydrogens is 196 g/mol. The van der Waals surface area contributed by atoms with Crippen LogP contribution < -0.4 is 0 Å². The molecule has 2 unspecified atom stereocenters. The van der Waals surface area contributed by atoms with Gasteiger partial charge in [0.2, 0.25) is 0 Å². The SMILES string of the molecule is CCCC(S)(OCC)C(C)OC(C)C. The first-order valence-corrected chi connectivity index (χ1v) is 5.92. The van der Waals surface area contributed by atoms with E-state index in [2.05, 4.69) is 19.6 Å². The second kappa shape index (κ2) is 6.70. The second-order valence-corrected chi connectivity index (χ2v) is 4.61. The molecule has 3 heteroatoms. The smallest absolute Gasteiger partial charge is 0.136 e. The molecule has 0 aliphatic heterocycles. The van der Waals surface area contributed by atoms with Crippen molar-refractivity contribution >= 4 is 12.6 Å². The molecule has 2 atom stereocenters. The van der Waals surface area contributed by atoms with Gasteiger partial charge in [-0.05, 0) is 34.1 Å². The molecule has 0 aliphatic carbocycles. The molecule has 0 amide bonds. The molecule has 0 saturated carbocycles. The average Bonchev–Trinajstić information content (AvgIpc) is 2.03. The molecule has 0 rings (SSSR count). The van der Waals surface area contributed by atoms with Gasteiger partial charge in [-0.25, -0.2) is 0 Å². The summed E-state index contributed by atoms with van der Waals surface area (Å²) in [6.07, 6.45) is 2.20. The van der Waals surface area contributed by atoms with Gasteiger partial charge in [0.1, 0.15) is 4.93 Å². The Kier molecular flexibility index (Phi) is 6.83. The lowest BCUT2D eigenvalue weighted by Gasteiger charge is -2.35. The molecule has 0 N–H and O–H groups in total. The van der Waals surface area contributed by atoms with Crippen LogP contribution >= 0.6 is 12.6 Å². The third-order valence-electron chi connectivity index (χ3n) is 2.11. The van der Waals surface area contributed by atoms with Crippen molar-refractivity contribution in [3.63, 3.8) is 0 Å². The van der Waals surface area contributed by atoms with E-state index >= 15 is 0 Å². The summed E-state index contributed by atoms with van der Waals surface area (Å²) in [5.74, 6) is 0. The van der Waals surface area contributed by atoms with E-state index in [1.165, 1.54) is 0 Å². The fraction of sp³-hybridized carbons (Fsp3) is 1.00. The lowest BCUT2D eigenvalue weighted by atomic mass is 10.1. The van der Waals surface area contributed by atoms with Gasteiger partial charge < -0.3 is 9.47 Å². The first-order chi connectivity index (χ1) is 6.46. The Bertz CT molecular complexity index is 142. The standard InChI is InChI=1S/C11H24O2S/c1-6-8-11(14,12-7-2)10(5)13-9(3)4/h9-10,14H,6-8H2,1-5H3. The van der Waals surface area contributed by atoms with Crippen LogP contribution in [-0.2, 0) is 9.47 Å². The van der Waals surface area contributed by atoms with Crippen molar-refractivity contribution in [3.8, 4) is 0 Å². The molecule has 0 spiro atoms. The Balaban J connectivity index is 4.29. The predicted octanol–water partition coefficient (Wildman–Crippen LogP) is 3.26. The van der Waals surface area contributed by atoms with Gasteiger partial charge in [0, 0.05) is 6.61 Å². The summed E-state index contributed by atoms with van der Waals surface area (Å²) in [7, 11) is 0. The summed E-state index contributed by atoms with van der Waals surface area (Å²) in [5.41, 5.74) is 0. The number of thiol groups is 1. The number of hydrogen-bond donors (Lipinski definition) is 1. The van der Waals surface area contributed by atoms with Crippen LogP contribution in [0.5, 0.6) is 0 Å². The van der Waals surface area contributed by atoms with Gasteiger partial charge in [-0.1, -0.05) is 13.3 Å². The maximum absolute atomic E-state index is 5.72. The fourth-order valence-corrected chi connectivity index (χ4v) is 1.93. The van der Waals surface area contributed by atoms with Gasteiger partial charge in [-0.2, -0.15) is 0 Å². The molecule has 0 aromatic heterocycles. The van der Waals surface area contributed by atoms with Crippen LogP contribution in [-0.4, -0.2) is 23.7 Å². The normalized spacial score (nSPS) is 18.2. The summed E-state index contributed by atoms with van der Waals surface area (Å²) in [6, 6.07) is 0. The first kappa shape index (κ1) is 14.3. The summed E-state index contributed by atoms with van der Waals surface area (Å²) in [5, 5.41) is 0. The average molecular weight is 220 g/mol. The molecule has 0 aromatic rings. The molecule has 0 aliphatic rings. The minimum atomic E-state index is -0.437. The van der Waals surface area contributed by atoms with Gasteiger partial charge in [0.25, 0.3) is 0 Å². The number of rotatable bonds is 7. The highest BCUT2D eigenvalue weighted by molar-refractivity contribution is 7.81. The van der Waals surface area contributed by atoms with Crippen molar-refractivity contribution in [2.75, 3.05) is 6.61 Å². The van der Waals surface area contributed by atoms with E-state index in [0.29, 0.717) is 6.61 Å². The maximum Gasteiger partial charge on any atom is 0.136 e. The molecule has 14 heavy (non-hydrogen) atoms. The minimum Gasteiger partial charge on any atom is -0.372 e. The van der Waals surface area contributed by atoms with E-state index in [4.69, 9.17) is 9.47 Å². The largest absolute Gasteiger partial charge is 0.372 e. The summed E-state index contributed by atoms with van der Waals surface area (Å²) in [4.78, 5) is -0.437. The van der Waals surface area contributed by atoms with Gasteiger partial charge in [0.15, 0.2) is 0 Å². The number of hydrogen-bond acceptors (Lipinski definition) is 3. The molecule has 86 valence electrons. The van der Waals surface area contributed by atoms with E-state index in [-0.39, 0.29) is 12.2 Å². The lowest BCUT2D eigenvalue weighted by Crippen LogP contribution is -2.41. The van der Waals surface area contributed by atoms with Crippen molar-refractivity contribution in [2.24, 2.45) is 0 Å². The molecule has 0 fully saturated rings. The van der Waals surface area contributed by atoms with E-state index < -0.39 is 4.93 Å². The highest BCUT2D eigenvalue weighted by Crippen LogP contribution is 2.29. The molecule has 0 saturated heterocycles. The lowest BCUT2D eigenvalue weighted by molar-refractivity contribution is -0.103. The van der Waals surface area contributed by atoms with Crippen LogP contribution in [0.15, 0.2) is 0 Å². The Morgan fingerprint density at radius 3 is 2.14 bits per heavy atom. The van der Waals surface area contributed by atoms with Crippen LogP contribution in [0.2, 0.25) is 0 Å². The summed E-state index contributed by atoms with van der Waals surface area (Å²) in [6.45, 7) is 10.9. The maximum atomic E-state index is 5.72. The van der Waals surface area contributed by atoms with Gasteiger partial charge in [-0.15, -0.1) is 12.6 Å². The predicted molar refractivity (Wildman–Crippen MR) is 63.9 cm³/mol. The van der Waals surface area contributed by atoms with Crippen molar-refractivity contribution in [3.05, 3.63) is 0 Å². The molecule has 0 bridgehead atoms. The van der Waals surface area contributed by atoms with E-state index in [0.717, 1.165) is 12.8 Å². The summed E-state index contributed by atoms with van der Waals surface area (Å²) < 4.78 is 11.4. The molecule has 0 radical (unpaired) electrons. The van der Waals surface area contributed by atoms with Crippen molar-refractivity contribution < 1.29 is 9.47 Å². The van der Waals surface area contributed by atoms with E-state index in [9.17, 15) is 0 Å². The Morgan fingerprint density at radius 2 is 1.79 bits per heavy atom. The number of ether oxygens (including phenoxy) is 2. The Hall–Kier alpha value is 0.270. The van der Waals surface area contributed by atoms with Crippen molar-refractivity contribution in [2.45, 2.75) is 64.6 Å². The van der Waals surface area contributed by atoms with Gasteiger partial charge in [-0.3, -0.25) is 0 Å². The second-order valence-electron chi connectivity index (χ2n) is 3.85. The molecule has 2 nitrogen and oxygen atoms in total. The van der Waals surface area contributed by atoms with Crippen LogP contribution in [0.25, 0.3) is 0 Å². The van der Waals surface area contributed by atoms with E-state index in [1.54, 1.807) is 0 Å². The Labute approximate surface area is 93.8 Å². The molecular formula is C11H24O2S. The summed E-state index contributed by atoms with van der Waals surface area (Å²) >= 11 is 4.60. The highest BCUT2D eigenvalue weighted by Gasteiger charge is 2.33. The monoisotopic (exact) mass is 220 g/mol. The quantitative estimate of drug-likeness (QED) is 0.524. The molecule has 0 aromatic carbocycles. The van der Waals surface area contributed by atoms with E-state index in [1.807, 2.05) is 27.7 Å². The fourth-order valence-electron chi connectivity index (χ4n) is 1.52. The van der Waals surface area contributed by atoms with Crippen LogP contribution in [0.1, 0.15) is 47.5 Å².